The van der Waals surface area contributed by atoms with Gasteiger partial charge in [0.2, 0.25) is 5.95 Å². The van der Waals surface area contributed by atoms with Gasteiger partial charge in [-0.05, 0) is 32.4 Å². The van der Waals surface area contributed by atoms with Crippen molar-refractivity contribution in [3.05, 3.63) is 47.8 Å². The number of hydrogen-bond donors (Lipinski definition) is 4. The number of amides is 1. The highest BCUT2D eigenvalue weighted by atomic mass is 19.1. The first kappa shape index (κ1) is 24.0. The maximum absolute atomic E-state index is 13.1. The average molecular weight is 498 g/mol. The molecule has 0 aromatic carbocycles. The van der Waals surface area contributed by atoms with E-state index in [1.165, 1.54) is 18.0 Å². The fourth-order valence-electron chi connectivity index (χ4n) is 4.16. The molecule has 2 aliphatic rings. The number of aromatic nitrogens is 6. The number of carbonyl (C=O) groups is 1. The molecule has 0 aliphatic carbocycles. The number of carbonyl (C=O) groups excluding carboxylic acids is 1. The molecule has 0 saturated carbocycles. The molecule has 3 aromatic rings. The van der Waals surface area contributed by atoms with Crippen molar-refractivity contribution >= 4 is 17.7 Å². The van der Waals surface area contributed by atoms with Crippen molar-refractivity contribution in [3.8, 4) is 5.82 Å². The maximum atomic E-state index is 13.1. The van der Waals surface area contributed by atoms with E-state index < -0.39 is 11.4 Å². The van der Waals surface area contributed by atoms with Crippen molar-refractivity contribution in [2.45, 2.75) is 44.6 Å². The molecular weight excluding hydrogens is 469 g/mol. The summed E-state index contributed by atoms with van der Waals surface area (Å²) < 4.78 is 20.0. The topological polar surface area (TPSA) is 147 Å². The number of aryl methyl sites for hydroxylation is 1. The van der Waals surface area contributed by atoms with E-state index in [2.05, 4.69) is 53.7 Å². The van der Waals surface area contributed by atoms with Crippen LogP contribution in [0.1, 0.15) is 24.7 Å². The quantitative estimate of drug-likeness (QED) is 0.335. The SMILES string of the molecule is COC1(C(=O)NCc2ccc(-n3cc(F)cn3)nn2)CN(c2nc(C)cc(NC3CC(C)NN3)n2)C1. The van der Waals surface area contributed by atoms with E-state index in [4.69, 9.17) is 4.74 Å². The van der Waals surface area contributed by atoms with E-state index in [1.807, 2.05) is 17.9 Å². The molecule has 0 radical (unpaired) electrons. The Balaban J connectivity index is 1.18. The van der Waals surface area contributed by atoms with Gasteiger partial charge in [-0.1, -0.05) is 0 Å². The van der Waals surface area contributed by atoms with Crippen LogP contribution in [0.5, 0.6) is 0 Å². The first-order chi connectivity index (χ1) is 17.3. The van der Waals surface area contributed by atoms with E-state index in [0.29, 0.717) is 42.4 Å². The Morgan fingerprint density at radius 3 is 2.75 bits per heavy atom. The van der Waals surface area contributed by atoms with Crippen molar-refractivity contribution in [1.82, 2.24) is 46.1 Å². The van der Waals surface area contributed by atoms with Crippen molar-refractivity contribution < 1.29 is 13.9 Å². The molecular formula is C22H28FN11O2. The number of rotatable bonds is 8. The summed E-state index contributed by atoms with van der Waals surface area (Å²) in [6.07, 6.45) is 3.28. The maximum Gasteiger partial charge on any atom is 0.256 e. The van der Waals surface area contributed by atoms with Gasteiger partial charge >= 0.3 is 0 Å². The number of halogens is 1. The van der Waals surface area contributed by atoms with Crippen LogP contribution in [0.2, 0.25) is 0 Å². The lowest BCUT2D eigenvalue weighted by Gasteiger charge is -2.47. The molecule has 0 bridgehead atoms. The Bertz CT molecular complexity index is 1230. The second kappa shape index (κ2) is 9.72. The molecule has 190 valence electrons. The molecule has 2 saturated heterocycles. The van der Waals surface area contributed by atoms with Crippen molar-refractivity contribution in [3.63, 3.8) is 0 Å². The molecule has 4 N–H and O–H groups in total. The van der Waals surface area contributed by atoms with Gasteiger partial charge in [-0.2, -0.15) is 15.2 Å². The van der Waals surface area contributed by atoms with E-state index in [0.717, 1.165) is 18.3 Å². The predicted octanol–water partition coefficient (Wildman–Crippen LogP) is 0.0458. The summed E-state index contributed by atoms with van der Waals surface area (Å²) in [5, 5.41) is 18.2. The molecule has 2 atom stereocenters. The zero-order valence-corrected chi connectivity index (χ0v) is 20.2. The van der Waals surface area contributed by atoms with Gasteiger partial charge < -0.3 is 20.3 Å². The molecule has 2 fully saturated rings. The highest BCUT2D eigenvalue weighted by Crippen LogP contribution is 2.29. The summed E-state index contributed by atoms with van der Waals surface area (Å²) >= 11 is 0. The van der Waals surface area contributed by atoms with Gasteiger partial charge in [0.1, 0.15) is 5.82 Å². The summed E-state index contributed by atoms with van der Waals surface area (Å²) in [6.45, 7) is 4.80. The monoisotopic (exact) mass is 497 g/mol. The number of methoxy groups -OCH3 is 1. The van der Waals surface area contributed by atoms with Crippen LogP contribution >= 0.6 is 0 Å². The van der Waals surface area contributed by atoms with Gasteiger partial charge in [0, 0.05) is 24.9 Å². The Morgan fingerprint density at radius 2 is 2.11 bits per heavy atom. The van der Waals surface area contributed by atoms with Gasteiger partial charge in [0.25, 0.3) is 5.91 Å². The molecule has 0 spiro atoms. The van der Waals surface area contributed by atoms with E-state index in [9.17, 15) is 9.18 Å². The third-order valence-corrected chi connectivity index (χ3v) is 6.16. The molecule has 13 nitrogen and oxygen atoms in total. The van der Waals surface area contributed by atoms with Crippen molar-refractivity contribution in [1.29, 1.82) is 0 Å². The van der Waals surface area contributed by atoms with Gasteiger partial charge in [-0.3, -0.25) is 10.2 Å². The number of anilines is 2. The Kier molecular flexibility index (Phi) is 6.47. The van der Waals surface area contributed by atoms with Crippen LogP contribution in [0, 0.1) is 12.7 Å². The first-order valence-corrected chi connectivity index (χ1v) is 11.6. The van der Waals surface area contributed by atoms with E-state index >= 15 is 0 Å². The normalized spacial score (nSPS) is 20.7. The highest BCUT2D eigenvalue weighted by molar-refractivity contribution is 5.88. The summed E-state index contributed by atoms with van der Waals surface area (Å²) in [6, 6.07) is 5.60. The standard InChI is InChI=1S/C22H28FN11O2/c1-13-6-17(27-18-7-14(2)29-31-18)28-21(26-13)33-11-22(12-33,36-3)20(35)24-9-16-4-5-19(32-30-16)34-10-15(23)8-25-34/h4-6,8,10,14,18,29,31H,7,9,11-12H2,1-3H3,(H,24,35)(H,26,27,28). The lowest BCUT2D eigenvalue weighted by atomic mass is 9.93. The summed E-state index contributed by atoms with van der Waals surface area (Å²) in [5.74, 6) is 0.897. The van der Waals surface area contributed by atoms with Gasteiger partial charge in [0.05, 0.1) is 43.9 Å². The molecule has 2 unspecified atom stereocenters. The molecule has 1 amide bonds. The van der Waals surface area contributed by atoms with Crippen LogP contribution in [-0.2, 0) is 16.1 Å². The molecule has 36 heavy (non-hydrogen) atoms. The first-order valence-electron chi connectivity index (χ1n) is 11.6. The van der Waals surface area contributed by atoms with E-state index in [-0.39, 0.29) is 18.6 Å². The van der Waals surface area contributed by atoms with E-state index in [1.54, 1.807) is 12.1 Å². The lowest BCUT2D eigenvalue weighted by molar-refractivity contribution is -0.146. The van der Waals surface area contributed by atoms with Gasteiger partial charge in [0.15, 0.2) is 17.2 Å². The van der Waals surface area contributed by atoms with Crippen LogP contribution in [0.3, 0.4) is 0 Å². The number of nitrogens with one attached hydrogen (secondary N) is 4. The average Bonchev–Trinajstić information content (AvgIpc) is 3.45. The smallest absolute Gasteiger partial charge is 0.256 e. The minimum Gasteiger partial charge on any atom is -0.365 e. The van der Waals surface area contributed by atoms with Crippen LogP contribution < -0.4 is 26.4 Å². The summed E-state index contributed by atoms with van der Waals surface area (Å²) in [4.78, 5) is 24.1. The molecule has 2 aliphatic heterocycles. The largest absolute Gasteiger partial charge is 0.365 e. The minimum absolute atomic E-state index is 0.0697. The Labute approximate surface area is 206 Å². The number of hydrogen-bond acceptors (Lipinski definition) is 11. The van der Waals surface area contributed by atoms with Crippen molar-refractivity contribution in [2.75, 3.05) is 30.4 Å². The predicted molar refractivity (Wildman–Crippen MR) is 127 cm³/mol. The highest BCUT2D eigenvalue weighted by Gasteiger charge is 2.51. The minimum atomic E-state index is -1.02. The van der Waals surface area contributed by atoms with Crippen LogP contribution in [0.4, 0.5) is 16.2 Å². The second-order valence-electron chi connectivity index (χ2n) is 9.04. The summed E-state index contributed by atoms with van der Waals surface area (Å²) in [5.41, 5.74) is 6.71. The van der Waals surface area contributed by atoms with Crippen molar-refractivity contribution in [2.24, 2.45) is 0 Å². The van der Waals surface area contributed by atoms with Gasteiger partial charge in [-0.15, -0.1) is 5.10 Å². The molecule has 5 heterocycles. The molecule has 5 rings (SSSR count). The van der Waals surface area contributed by atoms with Crippen LogP contribution in [0.25, 0.3) is 5.82 Å². The van der Waals surface area contributed by atoms with Crippen LogP contribution in [-0.4, -0.2) is 73.9 Å². The number of nitrogens with zero attached hydrogens (tertiary/aromatic N) is 7. The fourth-order valence-corrected chi connectivity index (χ4v) is 4.16. The number of hydrazine groups is 1. The molecule has 3 aromatic heterocycles. The lowest BCUT2D eigenvalue weighted by Crippen LogP contribution is -2.70. The third kappa shape index (κ3) is 4.96. The van der Waals surface area contributed by atoms with Gasteiger partial charge in [-0.25, -0.2) is 19.5 Å². The zero-order chi connectivity index (χ0) is 25.3. The summed E-state index contributed by atoms with van der Waals surface area (Å²) in [7, 11) is 1.51. The van der Waals surface area contributed by atoms with Crippen LogP contribution in [0.15, 0.2) is 30.6 Å². The zero-order valence-electron chi connectivity index (χ0n) is 20.2. The Morgan fingerprint density at radius 1 is 1.28 bits per heavy atom. The third-order valence-electron chi connectivity index (χ3n) is 6.16. The second-order valence-corrected chi connectivity index (χ2v) is 9.04. The fraction of sp³-hybridized carbons (Fsp3) is 0.455. The number of ether oxygens (including phenoxy) is 1. The molecule has 14 heteroatoms. The Hall–Kier alpha value is -3.75.